The zero-order valence-electron chi connectivity index (χ0n) is 9.67. The van der Waals surface area contributed by atoms with Gasteiger partial charge in [-0.2, -0.15) is 17.7 Å². The molecule has 0 saturated carbocycles. The van der Waals surface area contributed by atoms with E-state index >= 15 is 0 Å². The van der Waals surface area contributed by atoms with Crippen LogP contribution in [0.15, 0.2) is 12.4 Å². The molecule has 0 radical (unpaired) electrons. The number of ether oxygens (including phenoxy) is 1. The van der Waals surface area contributed by atoms with E-state index in [0.717, 1.165) is 0 Å². The highest BCUT2D eigenvalue weighted by molar-refractivity contribution is 7.80. The molecular weight excluding hydrogens is 226 g/mol. The van der Waals surface area contributed by atoms with Gasteiger partial charge < -0.3 is 10.5 Å². The zero-order chi connectivity index (χ0) is 12.3. The standard InChI is InChI=1S/C10H17N3O2S/c1-4-15-8(14)7-5-12-13(6-7)10(2,3)9(11)16/h5-6,9,16H,4,11H2,1-3H3. The SMILES string of the molecule is CCOC(=O)c1cnn(C(C)(C)C(N)S)c1. The van der Waals surface area contributed by atoms with Crippen molar-refractivity contribution in [3.05, 3.63) is 18.0 Å². The van der Waals surface area contributed by atoms with Gasteiger partial charge in [-0.3, -0.25) is 4.68 Å². The number of carbonyl (C=O) groups is 1. The monoisotopic (exact) mass is 243 g/mol. The molecule has 1 aromatic heterocycles. The van der Waals surface area contributed by atoms with E-state index in [0.29, 0.717) is 12.2 Å². The Morgan fingerprint density at radius 2 is 2.38 bits per heavy atom. The van der Waals surface area contributed by atoms with E-state index in [4.69, 9.17) is 10.5 Å². The number of nitrogens with two attached hydrogens (primary N) is 1. The van der Waals surface area contributed by atoms with Crippen molar-refractivity contribution in [3.8, 4) is 0 Å². The minimum absolute atomic E-state index is 0.347. The highest BCUT2D eigenvalue weighted by atomic mass is 32.1. The first-order valence-corrected chi connectivity index (χ1v) is 5.57. The van der Waals surface area contributed by atoms with Crippen molar-refractivity contribution in [1.29, 1.82) is 0 Å². The van der Waals surface area contributed by atoms with E-state index in [1.807, 2.05) is 13.8 Å². The van der Waals surface area contributed by atoms with Crippen LogP contribution in [-0.4, -0.2) is 27.7 Å². The zero-order valence-corrected chi connectivity index (χ0v) is 10.6. The molecule has 6 heteroatoms. The number of nitrogens with zero attached hydrogens (tertiary/aromatic N) is 2. The first-order valence-electron chi connectivity index (χ1n) is 5.05. The van der Waals surface area contributed by atoms with E-state index in [-0.39, 0.29) is 11.3 Å². The van der Waals surface area contributed by atoms with Gasteiger partial charge in [-0.1, -0.05) is 0 Å². The third-order valence-electron chi connectivity index (χ3n) is 2.41. The molecule has 16 heavy (non-hydrogen) atoms. The summed E-state index contributed by atoms with van der Waals surface area (Å²) in [6, 6.07) is 0. The fraction of sp³-hybridized carbons (Fsp3) is 0.600. The van der Waals surface area contributed by atoms with Crippen LogP contribution in [0.3, 0.4) is 0 Å². The van der Waals surface area contributed by atoms with Gasteiger partial charge in [0.25, 0.3) is 0 Å². The number of hydrogen-bond donors (Lipinski definition) is 2. The average molecular weight is 243 g/mol. The Hall–Kier alpha value is -1.01. The Morgan fingerprint density at radius 1 is 1.75 bits per heavy atom. The van der Waals surface area contributed by atoms with Crippen LogP contribution in [0, 0.1) is 0 Å². The molecule has 0 fully saturated rings. The fourth-order valence-corrected chi connectivity index (χ4v) is 1.21. The van der Waals surface area contributed by atoms with Gasteiger partial charge in [-0.15, -0.1) is 0 Å². The van der Waals surface area contributed by atoms with E-state index in [1.165, 1.54) is 6.20 Å². The minimum atomic E-state index is -0.464. The van der Waals surface area contributed by atoms with Crippen molar-refractivity contribution in [1.82, 2.24) is 9.78 Å². The number of carbonyl (C=O) groups excluding carboxylic acids is 1. The van der Waals surface area contributed by atoms with E-state index in [9.17, 15) is 4.79 Å². The Morgan fingerprint density at radius 3 is 2.88 bits per heavy atom. The lowest BCUT2D eigenvalue weighted by Gasteiger charge is -2.28. The molecule has 0 aliphatic carbocycles. The smallest absolute Gasteiger partial charge is 0.341 e. The van der Waals surface area contributed by atoms with E-state index in [1.54, 1.807) is 17.8 Å². The molecule has 1 aromatic rings. The third-order valence-corrected chi connectivity index (χ3v) is 3.04. The number of esters is 1. The Labute approximate surface area is 100 Å². The molecule has 0 aliphatic heterocycles. The van der Waals surface area contributed by atoms with Crippen LogP contribution in [0.5, 0.6) is 0 Å². The lowest BCUT2D eigenvalue weighted by Crippen LogP contribution is -2.42. The minimum Gasteiger partial charge on any atom is -0.462 e. The van der Waals surface area contributed by atoms with Gasteiger partial charge in [0.2, 0.25) is 0 Å². The Bertz CT molecular complexity index is 374. The van der Waals surface area contributed by atoms with Gasteiger partial charge in [0.05, 0.1) is 29.3 Å². The molecule has 1 rings (SSSR count). The summed E-state index contributed by atoms with van der Waals surface area (Å²) in [5.74, 6) is -0.378. The molecule has 2 N–H and O–H groups in total. The molecule has 0 spiro atoms. The van der Waals surface area contributed by atoms with Gasteiger partial charge >= 0.3 is 5.97 Å². The van der Waals surface area contributed by atoms with Crippen molar-refractivity contribution in [3.63, 3.8) is 0 Å². The van der Waals surface area contributed by atoms with Crippen molar-refractivity contribution < 1.29 is 9.53 Å². The van der Waals surface area contributed by atoms with Crippen molar-refractivity contribution in [2.75, 3.05) is 6.61 Å². The summed E-state index contributed by atoms with van der Waals surface area (Å²) in [5, 5.41) is 3.73. The highest BCUT2D eigenvalue weighted by Crippen LogP contribution is 2.20. The molecule has 0 aliphatic rings. The van der Waals surface area contributed by atoms with Gasteiger partial charge in [-0.05, 0) is 20.8 Å². The third kappa shape index (κ3) is 2.56. The first kappa shape index (κ1) is 13.1. The number of thiol groups is 1. The summed E-state index contributed by atoms with van der Waals surface area (Å²) < 4.78 is 6.49. The molecule has 1 unspecified atom stereocenters. The molecule has 5 nitrogen and oxygen atoms in total. The van der Waals surface area contributed by atoms with E-state index < -0.39 is 5.54 Å². The largest absolute Gasteiger partial charge is 0.462 e. The lowest BCUT2D eigenvalue weighted by molar-refractivity contribution is 0.0526. The van der Waals surface area contributed by atoms with Crippen molar-refractivity contribution >= 4 is 18.6 Å². The van der Waals surface area contributed by atoms with Crippen LogP contribution in [-0.2, 0) is 10.3 Å². The highest BCUT2D eigenvalue weighted by Gasteiger charge is 2.27. The maximum Gasteiger partial charge on any atom is 0.341 e. The maximum absolute atomic E-state index is 11.4. The van der Waals surface area contributed by atoms with Crippen LogP contribution in [0.25, 0.3) is 0 Å². The normalized spacial score (nSPS) is 13.6. The van der Waals surface area contributed by atoms with Gasteiger partial charge in [0.1, 0.15) is 0 Å². The van der Waals surface area contributed by atoms with Crippen LogP contribution in [0.4, 0.5) is 0 Å². The molecule has 1 heterocycles. The average Bonchev–Trinajstić information content (AvgIpc) is 2.67. The summed E-state index contributed by atoms with van der Waals surface area (Å²) in [4.78, 5) is 11.4. The number of rotatable bonds is 4. The predicted molar refractivity (Wildman–Crippen MR) is 64.5 cm³/mol. The Kier molecular flexibility index (Phi) is 3.98. The van der Waals surface area contributed by atoms with E-state index in [2.05, 4.69) is 17.7 Å². The second kappa shape index (κ2) is 4.88. The lowest BCUT2D eigenvalue weighted by atomic mass is 10.1. The van der Waals surface area contributed by atoms with Crippen molar-refractivity contribution in [2.24, 2.45) is 5.73 Å². The Balaban J connectivity index is 2.91. The number of aromatic nitrogens is 2. The predicted octanol–water partition coefficient (Wildman–Crippen LogP) is 1.01. The molecule has 0 saturated heterocycles. The summed E-state index contributed by atoms with van der Waals surface area (Å²) in [5.41, 5.74) is 5.69. The fourth-order valence-electron chi connectivity index (χ4n) is 1.09. The molecule has 0 bridgehead atoms. The molecular formula is C10H17N3O2S. The maximum atomic E-state index is 11.4. The summed E-state index contributed by atoms with van der Waals surface area (Å²) in [6.07, 6.45) is 3.09. The second-order valence-corrected chi connectivity index (χ2v) is 4.55. The topological polar surface area (TPSA) is 70.1 Å². The van der Waals surface area contributed by atoms with Crippen LogP contribution in [0.2, 0.25) is 0 Å². The van der Waals surface area contributed by atoms with Crippen LogP contribution < -0.4 is 5.73 Å². The first-order chi connectivity index (χ1) is 7.39. The van der Waals surface area contributed by atoms with Crippen molar-refractivity contribution in [2.45, 2.75) is 31.7 Å². The van der Waals surface area contributed by atoms with Crippen LogP contribution >= 0.6 is 12.6 Å². The summed E-state index contributed by atoms with van der Waals surface area (Å²) >= 11 is 4.19. The van der Waals surface area contributed by atoms with Gasteiger partial charge in [-0.25, -0.2) is 4.79 Å². The summed E-state index contributed by atoms with van der Waals surface area (Å²) in [6.45, 7) is 5.90. The van der Waals surface area contributed by atoms with Gasteiger partial charge in [0.15, 0.2) is 0 Å². The molecule has 90 valence electrons. The number of hydrogen-bond acceptors (Lipinski definition) is 5. The molecule has 0 aromatic carbocycles. The second-order valence-electron chi connectivity index (χ2n) is 3.99. The summed E-state index contributed by atoms with van der Waals surface area (Å²) in [7, 11) is 0. The molecule has 0 amide bonds. The van der Waals surface area contributed by atoms with Gasteiger partial charge in [0, 0.05) is 6.20 Å². The quantitative estimate of drug-likeness (QED) is 0.470. The molecule has 1 atom stereocenters. The van der Waals surface area contributed by atoms with Crippen LogP contribution in [0.1, 0.15) is 31.1 Å².